The van der Waals surface area contributed by atoms with Gasteiger partial charge in [0.2, 0.25) is 5.43 Å². The molecule has 7 heteroatoms. The quantitative estimate of drug-likeness (QED) is 0.766. The second-order valence-electron chi connectivity index (χ2n) is 4.16. The maximum absolute atomic E-state index is 12.2. The highest BCUT2D eigenvalue weighted by Gasteiger charge is 2.34. The van der Waals surface area contributed by atoms with Crippen molar-refractivity contribution in [2.45, 2.75) is 19.7 Å². The SMILES string of the molecule is CCN1C(=O)c2c(O)c(=O)c(C=O)cn2CC1OC. The van der Waals surface area contributed by atoms with Gasteiger partial charge >= 0.3 is 0 Å². The van der Waals surface area contributed by atoms with Crippen LogP contribution in [0.5, 0.6) is 5.75 Å². The van der Waals surface area contributed by atoms with Gasteiger partial charge in [-0.15, -0.1) is 0 Å². The number of amides is 1. The van der Waals surface area contributed by atoms with E-state index in [4.69, 9.17) is 4.74 Å². The monoisotopic (exact) mass is 266 g/mol. The van der Waals surface area contributed by atoms with E-state index in [0.29, 0.717) is 12.8 Å². The van der Waals surface area contributed by atoms with E-state index in [9.17, 15) is 19.5 Å². The van der Waals surface area contributed by atoms with Crippen LogP contribution in [0.15, 0.2) is 11.0 Å². The summed E-state index contributed by atoms with van der Waals surface area (Å²) < 4.78 is 6.58. The standard InChI is InChI=1S/C12H14N2O5/c1-3-14-8(19-2)5-13-4-7(6-15)10(16)11(17)9(13)12(14)18/h4,6,8,17H,3,5H2,1-2H3. The Bertz CT molecular complexity index is 593. The zero-order valence-corrected chi connectivity index (χ0v) is 10.6. The Kier molecular flexibility index (Phi) is 3.39. The smallest absolute Gasteiger partial charge is 0.276 e. The molecule has 0 aliphatic carbocycles. The number of likely N-dealkylation sites (N-methyl/N-ethyl adjacent to an activating group) is 1. The first-order valence-corrected chi connectivity index (χ1v) is 5.80. The number of nitrogens with zero attached hydrogens (tertiary/aromatic N) is 2. The van der Waals surface area contributed by atoms with Crippen molar-refractivity contribution in [2.24, 2.45) is 0 Å². The first-order chi connectivity index (χ1) is 9.04. The lowest BCUT2D eigenvalue weighted by molar-refractivity contribution is -0.0372. The molecule has 1 atom stereocenters. The molecule has 2 heterocycles. The number of aldehydes is 1. The average Bonchev–Trinajstić information content (AvgIpc) is 2.41. The van der Waals surface area contributed by atoms with Gasteiger partial charge in [0.25, 0.3) is 5.91 Å². The van der Waals surface area contributed by atoms with Crippen LogP contribution in [0, 0.1) is 0 Å². The summed E-state index contributed by atoms with van der Waals surface area (Å²) in [5, 5.41) is 9.82. The number of methoxy groups -OCH3 is 1. The highest BCUT2D eigenvalue weighted by molar-refractivity contribution is 5.96. The molecule has 102 valence electrons. The molecule has 1 aromatic heterocycles. The number of hydrogen-bond donors (Lipinski definition) is 1. The molecule has 1 N–H and O–H groups in total. The van der Waals surface area contributed by atoms with Gasteiger partial charge in [0, 0.05) is 19.9 Å². The van der Waals surface area contributed by atoms with E-state index in [2.05, 4.69) is 0 Å². The topological polar surface area (TPSA) is 88.8 Å². The minimum absolute atomic E-state index is 0.106. The third kappa shape index (κ3) is 1.91. The van der Waals surface area contributed by atoms with E-state index in [0.717, 1.165) is 0 Å². The van der Waals surface area contributed by atoms with E-state index in [-0.39, 0.29) is 17.8 Å². The van der Waals surface area contributed by atoms with E-state index in [1.165, 1.54) is 22.8 Å². The molecule has 1 unspecified atom stereocenters. The number of rotatable bonds is 3. The van der Waals surface area contributed by atoms with Crippen molar-refractivity contribution >= 4 is 12.2 Å². The fraction of sp³-hybridized carbons (Fsp3) is 0.417. The molecule has 1 amide bonds. The van der Waals surface area contributed by atoms with Crippen molar-refractivity contribution in [3.8, 4) is 5.75 Å². The summed E-state index contributed by atoms with van der Waals surface area (Å²) >= 11 is 0. The number of pyridine rings is 1. The Hall–Kier alpha value is -2.15. The summed E-state index contributed by atoms with van der Waals surface area (Å²) in [7, 11) is 1.47. The number of aromatic nitrogens is 1. The highest BCUT2D eigenvalue weighted by atomic mass is 16.5. The summed E-state index contributed by atoms with van der Waals surface area (Å²) in [6.45, 7) is 2.41. The van der Waals surface area contributed by atoms with Crippen LogP contribution in [0.1, 0.15) is 27.8 Å². The second-order valence-corrected chi connectivity index (χ2v) is 4.16. The minimum Gasteiger partial charge on any atom is -0.503 e. The van der Waals surface area contributed by atoms with E-state index in [1.54, 1.807) is 6.92 Å². The lowest BCUT2D eigenvalue weighted by atomic mass is 10.1. The number of fused-ring (bicyclic) bond motifs is 1. The van der Waals surface area contributed by atoms with Gasteiger partial charge in [-0.05, 0) is 6.92 Å². The number of carbonyl (C=O) groups excluding carboxylic acids is 2. The molecular weight excluding hydrogens is 252 g/mol. The van der Waals surface area contributed by atoms with Gasteiger partial charge in [0.15, 0.2) is 17.7 Å². The maximum atomic E-state index is 12.2. The molecule has 19 heavy (non-hydrogen) atoms. The second kappa shape index (κ2) is 4.85. The number of carbonyl (C=O) groups is 2. The fourth-order valence-corrected chi connectivity index (χ4v) is 2.21. The third-order valence-corrected chi connectivity index (χ3v) is 3.19. The first kappa shape index (κ1) is 13.3. The molecule has 2 rings (SSSR count). The predicted octanol–water partition coefficient (Wildman–Crippen LogP) is -0.185. The third-order valence-electron chi connectivity index (χ3n) is 3.19. The molecule has 0 bridgehead atoms. The normalized spacial score (nSPS) is 18.3. The molecule has 0 saturated carbocycles. The molecule has 0 saturated heterocycles. The van der Waals surface area contributed by atoms with Crippen LogP contribution in [-0.2, 0) is 11.3 Å². The van der Waals surface area contributed by atoms with Gasteiger partial charge in [-0.25, -0.2) is 0 Å². The summed E-state index contributed by atoms with van der Waals surface area (Å²) in [5.74, 6) is -1.18. The van der Waals surface area contributed by atoms with Crippen molar-refractivity contribution in [2.75, 3.05) is 13.7 Å². The van der Waals surface area contributed by atoms with Crippen LogP contribution >= 0.6 is 0 Å². The van der Waals surface area contributed by atoms with Crippen molar-refractivity contribution in [1.82, 2.24) is 9.47 Å². The summed E-state index contributed by atoms with van der Waals surface area (Å²) in [5.41, 5.74) is -1.12. The van der Waals surface area contributed by atoms with Crippen LogP contribution in [0.3, 0.4) is 0 Å². The Morgan fingerprint density at radius 2 is 2.21 bits per heavy atom. The van der Waals surface area contributed by atoms with Crippen LogP contribution in [0.25, 0.3) is 0 Å². The van der Waals surface area contributed by atoms with Crippen LogP contribution < -0.4 is 5.43 Å². The molecule has 0 aromatic carbocycles. The molecule has 1 aromatic rings. The van der Waals surface area contributed by atoms with Gasteiger partial charge in [0.1, 0.15) is 6.23 Å². The Morgan fingerprint density at radius 1 is 1.53 bits per heavy atom. The molecule has 1 aliphatic rings. The first-order valence-electron chi connectivity index (χ1n) is 5.80. The Morgan fingerprint density at radius 3 is 2.74 bits per heavy atom. The lowest BCUT2D eigenvalue weighted by Gasteiger charge is -2.36. The number of hydrogen-bond acceptors (Lipinski definition) is 5. The van der Waals surface area contributed by atoms with Crippen molar-refractivity contribution in [1.29, 1.82) is 0 Å². The zero-order valence-electron chi connectivity index (χ0n) is 10.6. The fourth-order valence-electron chi connectivity index (χ4n) is 2.21. The minimum atomic E-state index is -0.832. The molecule has 0 radical (unpaired) electrons. The average molecular weight is 266 g/mol. The molecular formula is C12H14N2O5. The van der Waals surface area contributed by atoms with E-state index in [1.807, 2.05) is 0 Å². The largest absolute Gasteiger partial charge is 0.503 e. The molecule has 7 nitrogen and oxygen atoms in total. The number of aromatic hydroxyl groups is 1. The molecule has 1 aliphatic heterocycles. The van der Waals surface area contributed by atoms with Crippen LogP contribution in [0.2, 0.25) is 0 Å². The summed E-state index contributed by atoms with van der Waals surface area (Å²) in [4.78, 5) is 36.1. The van der Waals surface area contributed by atoms with Gasteiger partial charge in [0.05, 0.1) is 12.1 Å². The predicted molar refractivity (Wildman–Crippen MR) is 65.3 cm³/mol. The van der Waals surface area contributed by atoms with Gasteiger partial charge in [-0.3, -0.25) is 14.4 Å². The van der Waals surface area contributed by atoms with Crippen molar-refractivity contribution < 1.29 is 19.4 Å². The van der Waals surface area contributed by atoms with Crippen LogP contribution in [-0.4, -0.2) is 46.6 Å². The van der Waals surface area contributed by atoms with Gasteiger partial charge in [-0.1, -0.05) is 0 Å². The number of ether oxygens (including phenoxy) is 1. The van der Waals surface area contributed by atoms with E-state index < -0.39 is 23.3 Å². The highest BCUT2D eigenvalue weighted by Crippen LogP contribution is 2.23. The Labute approximate surface area is 109 Å². The van der Waals surface area contributed by atoms with Crippen molar-refractivity contribution in [3.05, 3.63) is 27.7 Å². The van der Waals surface area contributed by atoms with Gasteiger partial charge < -0.3 is 19.3 Å². The zero-order chi connectivity index (χ0) is 14.2. The summed E-state index contributed by atoms with van der Waals surface area (Å²) in [6.07, 6.45) is 1.13. The molecule has 0 spiro atoms. The molecule has 0 fully saturated rings. The summed E-state index contributed by atoms with van der Waals surface area (Å²) in [6, 6.07) is 0. The van der Waals surface area contributed by atoms with Crippen LogP contribution in [0.4, 0.5) is 0 Å². The Balaban J connectivity index is 2.66. The maximum Gasteiger partial charge on any atom is 0.276 e. The van der Waals surface area contributed by atoms with Crippen molar-refractivity contribution in [3.63, 3.8) is 0 Å². The van der Waals surface area contributed by atoms with Gasteiger partial charge in [-0.2, -0.15) is 0 Å². The van der Waals surface area contributed by atoms with E-state index >= 15 is 0 Å². The lowest BCUT2D eigenvalue weighted by Crippen LogP contribution is -2.49.